The van der Waals surface area contributed by atoms with Crippen molar-refractivity contribution in [3.8, 4) is 0 Å². The van der Waals surface area contributed by atoms with Crippen molar-refractivity contribution >= 4 is 35.3 Å². The van der Waals surface area contributed by atoms with Crippen molar-refractivity contribution < 1.29 is 29.4 Å². The normalized spacial score (nSPS) is 17.5. The minimum absolute atomic E-state index is 0.107. The highest BCUT2D eigenvalue weighted by molar-refractivity contribution is 5.99. The number of fused-ring (bicyclic) bond motifs is 1. The summed E-state index contributed by atoms with van der Waals surface area (Å²) in [5.74, 6) is -4.60. The maximum absolute atomic E-state index is 12.4. The third-order valence-corrected chi connectivity index (χ3v) is 5.23. The van der Waals surface area contributed by atoms with Gasteiger partial charge in [-0.3, -0.25) is 25.0 Å². The number of hydrogen-bond acceptors (Lipinski definition) is 10. The number of carboxylic acids is 2. The quantitative estimate of drug-likeness (QED) is 0.210. The molecule has 14 heteroatoms. The molecule has 0 fully saturated rings. The van der Waals surface area contributed by atoms with E-state index in [4.69, 9.17) is 10.8 Å². The van der Waals surface area contributed by atoms with Crippen LogP contribution in [0.15, 0.2) is 30.5 Å². The molecule has 186 valence electrons. The fraction of sp³-hybridized carbons (Fsp3) is 0.333. The molecular weight excluding hydrogens is 460 g/mol. The van der Waals surface area contributed by atoms with E-state index in [1.165, 1.54) is 18.3 Å². The lowest BCUT2D eigenvalue weighted by molar-refractivity contribution is -0.140. The predicted octanol–water partition coefficient (Wildman–Crippen LogP) is -0.577. The molecule has 0 aliphatic carbocycles. The molecule has 2 atom stereocenters. The van der Waals surface area contributed by atoms with Crippen LogP contribution in [0.4, 0.5) is 11.5 Å². The second-order valence-corrected chi connectivity index (χ2v) is 8.03. The van der Waals surface area contributed by atoms with Crippen LogP contribution in [-0.4, -0.2) is 74.9 Å². The smallest absolute Gasteiger partial charge is 0.326 e. The van der Waals surface area contributed by atoms with Crippen molar-refractivity contribution in [1.29, 1.82) is 0 Å². The van der Waals surface area contributed by atoms with Crippen LogP contribution < -0.4 is 27.0 Å². The van der Waals surface area contributed by atoms with Crippen molar-refractivity contribution in [2.45, 2.75) is 31.3 Å². The van der Waals surface area contributed by atoms with Gasteiger partial charge in [-0.05, 0) is 44.8 Å². The van der Waals surface area contributed by atoms with E-state index in [1.807, 2.05) is 0 Å². The predicted molar refractivity (Wildman–Crippen MR) is 123 cm³/mol. The first kappa shape index (κ1) is 25.3. The van der Waals surface area contributed by atoms with E-state index < -0.39 is 35.7 Å². The molecule has 8 N–H and O–H groups in total. The zero-order valence-electron chi connectivity index (χ0n) is 19.0. The van der Waals surface area contributed by atoms with Crippen LogP contribution in [0.3, 0.4) is 0 Å². The van der Waals surface area contributed by atoms with E-state index in [1.54, 1.807) is 31.1 Å². The van der Waals surface area contributed by atoms with Gasteiger partial charge in [-0.2, -0.15) is 0 Å². The molecule has 2 amide bonds. The summed E-state index contributed by atoms with van der Waals surface area (Å²) in [5.41, 5.74) is 7.54. The van der Waals surface area contributed by atoms with Crippen LogP contribution in [0.2, 0.25) is 0 Å². The molecule has 2 aromatic rings. The van der Waals surface area contributed by atoms with Crippen LogP contribution in [0, 0.1) is 0 Å². The molecule has 14 nitrogen and oxygen atoms in total. The third-order valence-electron chi connectivity index (χ3n) is 5.23. The summed E-state index contributed by atoms with van der Waals surface area (Å²) in [4.78, 5) is 56.9. The number of benzene rings is 1. The molecule has 1 aromatic heterocycles. The first-order chi connectivity index (χ1) is 16.5. The van der Waals surface area contributed by atoms with Crippen LogP contribution in [0.25, 0.3) is 0 Å². The molecule has 1 aliphatic rings. The summed E-state index contributed by atoms with van der Waals surface area (Å²) in [7, 11) is 3.39. The van der Waals surface area contributed by atoms with Crippen molar-refractivity contribution in [3.63, 3.8) is 0 Å². The number of nitrogens with one attached hydrogen (secondary N) is 4. The van der Waals surface area contributed by atoms with Gasteiger partial charge in [0.05, 0.1) is 18.4 Å². The molecule has 0 radical (unpaired) electrons. The molecule has 0 bridgehead atoms. The van der Waals surface area contributed by atoms with Gasteiger partial charge in [0.15, 0.2) is 11.5 Å². The number of carbonyl (C=O) groups excluding carboxylic acids is 2. The van der Waals surface area contributed by atoms with E-state index in [-0.39, 0.29) is 36.5 Å². The van der Waals surface area contributed by atoms with Gasteiger partial charge in [-0.15, -0.1) is 0 Å². The Morgan fingerprint density at radius 2 is 1.86 bits per heavy atom. The molecule has 3 rings (SSSR count). The van der Waals surface area contributed by atoms with Gasteiger partial charge in [0.2, 0.25) is 5.91 Å². The lowest BCUT2D eigenvalue weighted by Gasteiger charge is -2.40. The van der Waals surface area contributed by atoms with Gasteiger partial charge in [0.25, 0.3) is 11.8 Å². The summed E-state index contributed by atoms with van der Waals surface area (Å²) in [6.45, 7) is 0.233. The highest BCUT2D eigenvalue weighted by Crippen LogP contribution is 2.20. The summed E-state index contributed by atoms with van der Waals surface area (Å²) in [6, 6.07) is 4.90. The molecule has 1 unspecified atom stereocenters. The SMILES string of the molecule is CN(C)C1(N)NC(=O)c2nc(CNc3ccc(C(=O)N[C@@H](CCC(=O)O)C(=O)O)cc3)cnc2N1. The number of aliphatic carboxylic acids is 2. The fourth-order valence-corrected chi connectivity index (χ4v) is 3.13. The molecule has 1 aromatic carbocycles. The number of nitrogens with zero attached hydrogens (tertiary/aromatic N) is 3. The number of nitrogens with two attached hydrogens (primary N) is 1. The van der Waals surface area contributed by atoms with Crippen LogP contribution >= 0.6 is 0 Å². The molecule has 1 aliphatic heterocycles. The molecule has 35 heavy (non-hydrogen) atoms. The van der Waals surface area contributed by atoms with Gasteiger partial charge in [0, 0.05) is 17.7 Å². The van der Waals surface area contributed by atoms with Gasteiger partial charge in [-0.25, -0.2) is 14.8 Å². The number of anilines is 2. The van der Waals surface area contributed by atoms with E-state index >= 15 is 0 Å². The summed E-state index contributed by atoms with van der Waals surface area (Å²) >= 11 is 0. The number of aromatic nitrogens is 2. The molecule has 2 heterocycles. The minimum Gasteiger partial charge on any atom is -0.481 e. The number of hydrogen-bond donors (Lipinski definition) is 7. The molecule has 0 saturated heterocycles. The van der Waals surface area contributed by atoms with Crippen LogP contribution in [-0.2, 0) is 16.1 Å². The minimum atomic E-state index is -1.31. The van der Waals surface area contributed by atoms with Gasteiger partial charge >= 0.3 is 11.9 Å². The average molecular weight is 486 g/mol. The second-order valence-electron chi connectivity index (χ2n) is 8.03. The van der Waals surface area contributed by atoms with Crippen molar-refractivity contribution in [1.82, 2.24) is 25.5 Å². The Hall–Kier alpha value is -4.30. The van der Waals surface area contributed by atoms with E-state index in [2.05, 4.69) is 31.2 Å². The summed E-state index contributed by atoms with van der Waals surface area (Å²) in [5, 5.41) is 28.9. The van der Waals surface area contributed by atoms with E-state index in [0.29, 0.717) is 11.4 Å². The molecule has 0 saturated carbocycles. The number of carboxylic acid groups (broad SMARTS) is 2. The van der Waals surface area contributed by atoms with Gasteiger partial charge < -0.3 is 31.5 Å². The number of rotatable bonds is 10. The Morgan fingerprint density at radius 3 is 2.46 bits per heavy atom. The van der Waals surface area contributed by atoms with Crippen molar-refractivity contribution in [2.75, 3.05) is 24.7 Å². The standard InChI is InChI=1S/C21H26N8O6/c1-29(2)21(22)27-17-16(19(33)28-21)25-13(10-24-17)9-23-12-5-3-11(4-6-12)18(32)26-14(20(34)35)7-8-15(30)31/h3-6,10,14,23H,7-9,22H2,1-2H3,(H,24,27)(H,26,32)(H,28,33)(H,30,31)(H,34,35)/t14-,21?/m0/s1. The molecular formula is C21H26N8O6. The highest BCUT2D eigenvalue weighted by Gasteiger charge is 2.37. The lowest BCUT2D eigenvalue weighted by atomic mass is 10.1. The van der Waals surface area contributed by atoms with Gasteiger partial charge in [0.1, 0.15) is 6.04 Å². The van der Waals surface area contributed by atoms with Crippen LogP contribution in [0.1, 0.15) is 39.4 Å². The number of carbonyl (C=O) groups is 4. The largest absolute Gasteiger partial charge is 0.481 e. The maximum Gasteiger partial charge on any atom is 0.326 e. The average Bonchev–Trinajstić information content (AvgIpc) is 2.80. The third kappa shape index (κ3) is 6.18. The topological polar surface area (TPSA) is 212 Å². The Balaban J connectivity index is 1.60. The zero-order chi connectivity index (χ0) is 25.8. The zero-order valence-corrected chi connectivity index (χ0v) is 19.0. The Morgan fingerprint density at radius 1 is 1.17 bits per heavy atom. The van der Waals surface area contributed by atoms with Crippen LogP contribution in [0.5, 0.6) is 0 Å². The van der Waals surface area contributed by atoms with Crippen molar-refractivity contribution in [3.05, 3.63) is 47.4 Å². The van der Waals surface area contributed by atoms with Gasteiger partial charge in [-0.1, -0.05) is 0 Å². The van der Waals surface area contributed by atoms with Crippen molar-refractivity contribution in [2.24, 2.45) is 5.73 Å². The maximum atomic E-state index is 12.4. The first-order valence-electron chi connectivity index (χ1n) is 10.5. The first-order valence-corrected chi connectivity index (χ1v) is 10.5. The van der Waals surface area contributed by atoms with E-state index in [0.717, 1.165) is 0 Å². The Kier molecular flexibility index (Phi) is 7.46. The highest BCUT2D eigenvalue weighted by atomic mass is 16.4. The lowest BCUT2D eigenvalue weighted by Crippen LogP contribution is -2.71. The Labute approximate surface area is 199 Å². The summed E-state index contributed by atoms with van der Waals surface area (Å²) < 4.78 is 0. The Bertz CT molecular complexity index is 1140. The monoisotopic (exact) mass is 486 g/mol. The van der Waals surface area contributed by atoms with E-state index in [9.17, 15) is 24.3 Å². The number of amides is 2. The summed E-state index contributed by atoms with van der Waals surface area (Å²) in [6.07, 6.45) is 0.886. The second kappa shape index (κ2) is 10.3. The molecule has 0 spiro atoms. The fourth-order valence-electron chi connectivity index (χ4n) is 3.13.